The molecule has 0 aliphatic heterocycles. The Hall–Kier alpha value is -2.11. The van der Waals surface area contributed by atoms with Crippen LogP contribution in [0.4, 0.5) is 9.18 Å². The maximum Gasteiger partial charge on any atom is 0.315 e. The summed E-state index contributed by atoms with van der Waals surface area (Å²) in [6.45, 7) is 0.0711. The van der Waals surface area contributed by atoms with Gasteiger partial charge in [-0.25, -0.2) is 9.18 Å². The summed E-state index contributed by atoms with van der Waals surface area (Å²) in [5.74, 6) is -1.30. The lowest BCUT2D eigenvalue weighted by molar-refractivity contribution is -0.138. The van der Waals surface area contributed by atoms with Crippen LogP contribution >= 0.6 is 0 Å². The van der Waals surface area contributed by atoms with Gasteiger partial charge in [-0.05, 0) is 18.9 Å². The zero-order valence-corrected chi connectivity index (χ0v) is 11.7. The van der Waals surface area contributed by atoms with Crippen LogP contribution in [0.5, 0.6) is 0 Å². The monoisotopic (exact) mass is 294 g/mol. The molecule has 1 aromatic rings. The van der Waals surface area contributed by atoms with Gasteiger partial charge in [0, 0.05) is 12.1 Å². The van der Waals surface area contributed by atoms with Crippen LogP contribution in [-0.2, 0) is 11.3 Å². The lowest BCUT2D eigenvalue weighted by atomic mass is 9.93. The molecular formula is C15H19FN2O3. The van der Waals surface area contributed by atoms with E-state index in [1.54, 1.807) is 18.2 Å². The van der Waals surface area contributed by atoms with Crippen LogP contribution in [0.2, 0.25) is 0 Å². The van der Waals surface area contributed by atoms with E-state index in [1.807, 2.05) is 0 Å². The average molecular weight is 294 g/mol. The van der Waals surface area contributed by atoms with Gasteiger partial charge >= 0.3 is 12.0 Å². The van der Waals surface area contributed by atoms with Crippen LogP contribution in [0.25, 0.3) is 0 Å². The molecule has 1 fully saturated rings. The van der Waals surface area contributed by atoms with Gasteiger partial charge in [-0.1, -0.05) is 31.0 Å². The second kappa shape index (κ2) is 6.56. The number of rotatable bonds is 5. The van der Waals surface area contributed by atoms with E-state index in [-0.39, 0.29) is 18.8 Å². The summed E-state index contributed by atoms with van der Waals surface area (Å²) < 4.78 is 13.4. The summed E-state index contributed by atoms with van der Waals surface area (Å²) in [7, 11) is 0. The van der Waals surface area contributed by atoms with Crippen LogP contribution in [-0.4, -0.2) is 22.6 Å². The molecule has 6 heteroatoms. The number of urea groups is 1. The minimum absolute atomic E-state index is 0.0711. The van der Waals surface area contributed by atoms with Gasteiger partial charge in [0.25, 0.3) is 0 Å². The fourth-order valence-electron chi connectivity index (χ4n) is 2.79. The largest absolute Gasteiger partial charge is 0.481 e. The highest BCUT2D eigenvalue weighted by Gasteiger charge is 2.37. The second-order valence-corrected chi connectivity index (χ2v) is 5.46. The van der Waals surface area contributed by atoms with Crippen molar-refractivity contribution in [2.45, 2.75) is 44.2 Å². The third-order valence-electron chi connectivity index (χ3n) is 3.83. The van der Waals surface area contributed by atoms with Gasteiger partial charge in [0.1, 0.15) is 5.82 Å². The number of carboxylic acid groups (broad SMARTS) is 1. The molecule has 0 radical (unpaired) electrons. The third kappa shape index (κ3) is 4.18. The number of aliphatic carboxylic acids is 1. The van der Waals surface area contributed by atoms with Crippen molar-refractivity contribution in [2.75, 3.05) is 0 Å². The van der Waals surface area contributed by atoms with Crippen molar-refractivity contribution in [3.05, 3.63) is 35.6 Å². The zero-order valence-electron chi connectivity index (χ0n) is 11.7. The number of amides is 2. The van der Waals surface area contributed by atoms with Gasteiger partial charge in [0.15, 0.2) is 0 Å². The topological polar surface area (TPSA) is 78.4 Å². The smallest absolute Gasteiger partial charge is 0.315 e. The fraction of sp³-hybridized carbons (Fsp3) is 0.467. The molecule has 114 valence electrons. The summed E-state index contributed by atoms with van der Waals surface area (Å²) in [5, 5.41) is 14.3. The molecule has 0 heterocycles. The molecular weight excluding hydrogens is 275 g/mol. The Morgan fingerprint density at radius 1 is 1.24 bits per heavy atom. The van der Waals surface area contributed by atoms with E-state index >= 15 is 0 Å². The summed E-state index contributed by atoms with van der Waals surface area (Å²) in [4.78, 5) is 22.9. The fourth-order valence-corrected chi connectivity index (χ4v) is 2.79. The maximum absolute atomic E-state index is 13.4. The molecule has 1 aromatic carbocycles. The van der Waals surface area contributed by atoms with E-state index in [1.165, 1.54) is 6.07 Å². The molecule has 0 aromatic heterocycles. The van der Waals surface area contributed by atoms with Crippen molar-refractivity contribution in [1.29, 1.82) is 0 Å². The number of carboxylic acids is 1. The molecule has 2 amide bonds. The number of halogens is 1. The van der Waals surface area contributed by atoms with Gasteiger partial charge in [-0.3, -0.25) is 4.79 Å². The van der Waals surface area contributed by atoms with Gasteiger partial charge < -0.3 is 15.7 Å². The van der Waals surface area contributed by atoms with Crippen LogP contribution in [0.3, 0.4) is 0 Å². The minimum atomic E-state index is -0.925. The summed E-state index contributed by atoms with van der Waals surface area (Å²) >= 11 is 0. The Balaban J connectivity index is 1.91. The van der Waals surface area contributed by atoms with Gasteiger partial charge in [0.2, 0.25) is 0 Å². The molecule has 0 spiro atoms. The quantitative estimate of drug-likeness (QED) is 0.780. The van der Waals surface area contributed by atoms with Crippen LogP contribution in [0.15, 0.2) is 24.3 Å². The highest BCUT2D eigenvalue weighted by molar-refractivity contribution is 5.76. The Morgan fingerprint density at radius 2 is 1.90 bits per heavy atom. The van der Waals surface area contributed by atoms with Crippen molar-refractivity contribution >= 4 is 12.0 Å². The first-order valence-corrected chi connectivity index (χ1v) is 7.02. The van der Waals surface area contributed by atoms with Crippen molar-refractivity contribution in [3.8, 4) is 0 Å². The normalized spacial score (nSPS) is 16.4. The summed E-state index contributed by atoms with van der Waals surface area (Å²) in [6.07, 6.45) is 3.04. The second-order valence-electron chi connectivity index (χ2n) is 5.46. The van der Waals surface area contributed by atoms with E-state index in [4.69, 9.17) is 5.11 Å². The predicted molar refractivity (Wildman–Crippen MR) is 75.2 cm³/mol. The number of benzene rings is 1. The molecule has 1 aliphatic rings. The van der Waals surface area contributed by atoms with Crippen molar-refractivity contribution in [3.63, 3.8) is 0 Å². The Kier molecular flexibility index (Phi) is 4.77. The molecule has 0 atom stereocenters. The molecule has 0 bridgehead atoms. The molecule has 21 heavy (non-hydrogen) atoms. The SMILES string of the molecule is O=C(O)CC1(NC(=O)NCc2ccccc2F)CCCC1. The van der Waals surface area contributed by atoms with Gasteiger partial charge in [-0.15, -0.1) is 0 Å². The molecule has 1 saturated carbocycles. The first kappa shape index (κ1) is 15.3. The Morgan fingerprint density at radius 3 is 2.52 bits per heavy atom. The van der Waals surface area contributed by atoms with E-state index in [2.05, 4.69) is 10.6 Å². The van der Waals surface area contributed by atoms with Crippen molar-refractivity contribution in [1.82, 2.24) is 10.6 Å². The van der Waals surface area contributed by atoms with Crippen molar-refractivity contribution in [2.24, 2.45) is 0 Å². The number of carbonyl (C=O) groups excluding carboxylic acids is 1. The standard InChI is InChI=1S/C15H19FN2O3/c16-12-6-2-1-5-11(12)10-17-14(21)18-15(9-13(19)20)7-3-4-8-15/h1-2,5-6H,3-4,7-10H2,(H,19,20)(H2,17,18,21). The number of nitrogens with one attached hydrogen (secondary N) is 2. The van der Waals surface area contributed by atoms with E-state index in [9.17, 15) is 14.0 Å². The Labute approximate surface area is 122 Å². The first-order chi connectivity index (χ1) is 10.0. The molecule has 2 rings (SSSR count). The van der Waals surface area contributed by atoms with E-state index in [0.29, 0.717) is 18.4 Å². The lowest BCUT2D eigenvalue weighted by Crippen LogP contribution is -2.51. The van der Waals surface area contributed by atoms with Crippen LogP contribution in [0, 0.1) is 5.82 Å². The lowest BCUT2D eigenvalue weighted by Gasteiger charge is -2.28. The van der Waals surface area contributed by atoms with Gasteiger partial charge in [-0.2, -0.15) is 0 Å². The molecule has 1 aliphatic carbocycles. The Bertz CT molecular complexity index is 527. The predicted octanol–water partition coefficient (Wildman–Crippen LogP) is 2.41. The highest BCUT2D eigenvalue weighted by Crippen LogP contribution is 2.32. The van der Waals surface area contributed by atoms with Gasteiger partial charge in [0.05, 0.1) is 12.0 Å². The number of carbonyl (C=O) groups is 2. The molecule has 3 N–H and O–H groups in total. The zero-order chi connectivity index (χ0) is 15.3. The van der Waals surface area contributed by atoms with E-state index < -0.39 is 17.5 Å². The van der Waals surface area contributed by atoms with E-state index in [0.717, 1.165) is 12.8 Å². The molecule has 5 nitrogen and oxygen atoms in total. The number of hydrogen-bond acceptors (Lipinski definition) is 2. The molecule has 0 saturated heterocycles. The summed E-state index contributed by atoms with van der Waals surface area (Å²) in [5.41, 5.74) is -0.281. The van der Waals surface area contributed by atoms with Crippen LogP contribution in [0.1, 0.15) is 37.7 Å². The van der Waals surface area contributed by atoms with Crippen LogP contribution < -0.4 is 10.6 Å². The maximum atomic E-state index is 13.4. The number of hydrogen-bond donors (Lipinski definition) is 3. The summed E-state index contributed by atoms with van der Waals surface area (Å²) in [6, 6.07) is 5.75. The first-order valence-electron chi connectivity index (χ1n) is 7.02. The van der Waals surface area contributed by atoms with Crippen molar-refractivity contribution < 1.29 is 19.1 Å². The average Bonchev–Trinajstić information content (AvgIpc) is 2.85. The highest BCUT2D eigenvalue weighted by atomic mass is 19.1. The molecule has 0 unspecified atom stereocenters. The minimum Gasteiger partial charge on any atom is -0.481 e. The third-order valence-corrected chi connectivity index (χ3v) is 3.83.